The van der Waals surface area contributed by atoms with E-state index in [1.807, 2.05) is 0 Å². The van der Waals surface area contributed by atoms with Gasteiger partial charge >= 0.3 is 17.9 Å². The molecule has 3 N–H and O–H groups in total. The Bertz CT molecular complexity index is 1170. The first-order valence-electron chi connectivity index (χ1n) is 12.7. The van der Waals surface area contributed by atoms with Crippen LogP contribution in [0.2, 0.25) is 0 Å². The fourth-order valence-corrected chi connectivity index (χ4v) is 4.44. The molecule has 212 valence electrons. The van der Waals surface area contributed by atoms with E-state index >= 15 is 0 Å². The van der Waals surface area contributed by atoms with E-state index in [0.717, 1.165) is 0 Å². The second-order valence-corrected chi connectivity index (χ2v) is 8.92. The first-order chi connectivity index (χ1) is 19.3. The number of carboxylic acids is 3. The van der Waals surface area contributed by atoms with Crippen molar-refractivity contribution in [1.29, 1.82) is 0 Å². The smallest absolute Gasteiger partial charge is 0.337 e. The van der Waals surface area contributed by atoms with Crippen LogP contribution in [0.5, 0.6) is 17.2 Å². The molecule has 0 heterocycles. The molecule has 3 aromatic rings. The van der Waals surface area contributed by atoms with E-state index in [9.17, 15) is 29.7 Å². The summed E-state index contributed by atoms with van der Waals surface area (Å²) in [5.41, 5.74) is -4.93. The first kappa shape index (κ1) is 30.0. The van der Waals surface area contributed by atoms with Crippen molar-refractivity contribution in [2.24, 2.45) is 5.41 Å². The fraction of sp³-hybridized carbons (Fsp3) is 0.300. The zero-order valence-corrected chi connectivity index (χ0v) is 21.8. The van der Waals surface area contributed by atoms with E-state index in [2.05, 4.69) is 0 Å². The number of hydrogen-bond acceptors (Lipinski definition) is 7. The van der Waals surface area contributed by atoms with Crippen LogP contribution in [-0.2, 0) is 19.1 Å². The summed E-state index contributed by atoms with van der Waals surface area (Å²) in [5, 5.41) is 30.8. The lowest BCUT2D eigenvalue weighted by Gasteiger charge is -2.43. The van der Waals surface area contributed by atoms with E-state index in [0.29, 0.717) is 17.2 Å². The molecule has 40 heavy (non-hydrogen) atoms. The molecule has 0 radical (unpaired) electrons. The van der Waals surface area contributed by atoms with Crippen molar-refractivity contribution in [2.75, 3.05) is 26.4 Å². The quantitative estimate of drug-likeness (QED) is 0.194. The minimum absolute atomic E-state index is 0.143. The summed E-state index contributed by atoms with van der Waals surface area (Å²) in [6.45, 7) is -0.974. The first-order valence-corrected chi connectivity index (χ1v) is 12.7. The Morgan fingerprint density at radius 1 is 0.550 bits per heavy atom. The molecule has 0 saturated carbocycles. The highest BCUT2D eigenvalue weighted by Gasteiger charge is 2.63. The lowest BCUT2D eigenvalue weighted by atomic mass is 9.65. The van der Waals surface area contributed by atoms with Gasteiger partial charge in [0.25, 0.3) is 0 Å². The average molecular weight is 553 g/mol. The van der Waals surface area contributed by atoms with Gasteiger partial charge in [0.2, 0.25) is 0 Å². The van der Waals surface area contributed by atoms with Crippen LogP contribution in [0.25, 0.3) is 0 Å². The monoisotopic (exact) mass is 552 g/mol. The second kappa shape index (κ2) is 14.5. The number of para-hydroxylation sites is 3. The maximum Gasteiger partial charge on any atom is 0.337 e. The lowest BCUT2D eigenvalue weighted by Crippen LogP contribution is -2.62. The zero-order valence-electron chi connectivity index (χ0n) is 21.8. The summed E-state index contributed by atoms with van der Waals surface area (Å²) in [5.74, 6) is -3.44. The minimum atomic E-state index is -2.68. The van der Waals surface area contributed by atoms with Gasteiger partial charge in [-0.15, -0.1) is 0 Å². The molecule has 0 fully saturated rings. The molecule has 3 aromatic carbocycles. The van der Waals surface area contributed by atoms with Crippen LogP contribution in [0.4, 0.5) is 0 Å². The van der Waals surface area contributed by atoms with Crippen molar-refractivity contribution in [1.82, 2.24) is 0 Å². The van der Waals surface area contributed by atoms with Crippen molar-refractivity contribution < 1.29 is 48.7 Å². The highest BCUT2D eigenvalue weighted by atomic mass is 16.6. The van der Waals surface area contributed by atoms with Crippen LogP contribution in [0.3, 0.4) is 0 Å². The van der Waals surface area contributed by atoms with Gasteiger partial charge in [-0.25, -0.2) is 4.79 Å². The molecule has 0 aliphatic heterocycles. The highest BCUT2D eigenvalue weighted by Crippen LogP contribution is 2.45. The van der Waals surface area contributed by atoms with Crippen LogP contribution in [0, 0.1) is 5.41 Å². The molecule has 10 nitrogen and oxygen atoms in total. The third kappa shape index (κ3) is 7.73. The summed E-state index contributed by atoms with van der Waals surface area (Å²) in [7, 11) is 0. The van der Waals surface area contributed by atoms with Gasteiger partial charge in [-0.05, 0) is 36.4 Å². The maximum atomic E-state index is 13.0. The van der Waals surface area contributed by atoms with Crippen LogP contribution in [0.15, 0.2) is 91.0 Å². The highest BCUT2D eigenvalue weighted by molar-refractivity contribution is 5.92. The van der Waals surface area contributed by atoms with Crippen molar-refractivity contribution in [2.45, 2.75) is 24.9 Å². The Kier molecular flexibility index (Phi) is 10.9. The molecule has 0 aromatic heterocycles. The number of aliphatic carboxylic acids is 3. The lowest BCUT2D eigenvalue weighted by molar-refractivity contribution is -0.210. The van der Waals surface area contributed by atoms with E-state index < -0.39 is 35.3 Å². The molecule has 0 amide bonds. The summed E-state index contributed by atoms with van der Waals surface area (Å²) < 4.78 is 22.8. The maximum absolute atomic E-state index is 13.0. The molecule has 3 rings (SSSR count). The number of benzene rings is 3. The summed E-state index contributed by atoms with van der Waals surface area (Å²) in [6, 6.07) is 25.8. The van der Waals surface area contributed by atoms with Gasteiger partial charge in [-0.3, -0.25) is 9.59 Å². The van der Waals surface area contributed by atoms with Gasteiger partial charge < -0.3 is 34.3 Å². The third-order valence-electron chi connectivity index (χ3n) is 6.45. The SMILES string of the molecule is O=C(O)CC(OCCOc1ccccc1)(C(=O)O)C(CCOc1ccccc1)(CCOc1ccccc1)C(=O)O. The average Bonchev–Trinajstić information content (AvgIpc) is 2.95. The van der Waals surface area contributed by atoms with E-state index in [1.165, 1.54) is 0 Å². The minimum Gasteiger partial charge on any atom is -0.494 e. The molecule has 0 aliphatic rings. The van der Waals surface area contributed by atoms with Crippen molar-refractivity contribution in [3.63, 3.8) is 0 Å². The molecular weight excluding hydrogens is 520 g/mol. The standard InChI is InChI=1S/C30H32O10/c31-26(32)22-30(28(35)36,40-21-20-39-25-14-8-3-9-15-25)29(27(33)34,16-18-37-23-10-4-1-5-11-23)17-19-38-24-12-6-2-7-13-24/h1-15H,16-22H2,(H,31,32)(H,33,34)(H,35,36). The number of carbonyl (C=O) groups is 3. The number of hydrogen-bond donors (Lipinski definition) is 3. The Labute approximate surface area is 231 Å². The van der Waals surface area contributed by atoms with Crippen molar-refractivity contribution >= 4 is 17.9 Å². The zero-order chi connectivity index (χ0) is 28.8. The normalized spacial score (nSPS) is 12.6. The van der Waals surface area contributed by atoms with E-state index in [1.54, 1.807) is 91.0 Å². The number of ether oxygens (including phenoxy) is 4. The number of rotatable bonds is 18. The Balaban J connectivity index is 1.92. The Hall–Kier alpha value is -4.57. The van der Waals surface area contributed by atoms with Crippen LogP contribution < -0.4 is 14.2 Å². The molecule has 10 heteroatoms. The molecular formula is C30H32O10. The molecule has 1 atom stereocenters. The fourth-order valence-electron chi connectivity index (χ4n) is 4.44. The van der Waals surface area contributed by atoms with Crippen LogP contribution in [0.1, 0.15) is 19.3 Å². The second-order valence-electron chi connectivity index (χ2n) is 8.92. The molecule has 0 saturated heterocycles. The molecule has 0 bridgehead atoms. The number of carboxylic acid groups (broad SMARTS) is 3. The van der Waals surface area contributed by atoms with Crippen molar-refractivity contribution in [3.05, 3.63) is 91.0 Å². The molecule has 0 aliphatic carbocycles. The van der Waals surface area contributed by atoms with Crippen LogP contribution >= 0.6 is 0 Å². The van der Waals surface area contributed by atoms with Gasteiger partial charge in [0.05, 0.1) is 26.2 Å². The van der Waals surface area contributed by atoms with Gasteiger partial charge in [0, 0.05) is 12.8 Å². The largest absolute Gasteiger partial charge is 0.494 e. The van der Waals surface area contributed by atoms with E-state index in [4.69, 9.17) is 18.9 Å². The van der Waals surface area contributed by atoms with Crippen molar-refractivity contribution in [3.8, 4) is 17.2 Å². The Morgan fingerprint density at radius 3 is 1.30 bits per heavy atom. The van der Waals surface area contributed by atoms with Gasteiger partial charge in [0.15, 0.2) is 5.60 Å². The van der Waals surface area contributed by atoms with E-state index in [-0.39, 0.29) is 39.3 Å². The Morgan fingerprint density at radius 2 is 0.950 bits per heavy atom. The van der Waals surface area contributed by atoms with Gasteiger partial charge in [-0.1, -0.05) is 54.6 Å². The summed E-state index contributed by atoms with van der Waals surface area (Å²) >= 11 is 0. The third-order valence-corrected chi connectivity index (χ3v) is 6.45. The predicted octanol–water partition coefficient (Wildman–Crippen LogP) is 4.39. The predicted molar refractivity (Wildman–Crippen MR) is 144 cm³/mol. The van der Waals surface area contributed by atoms with Crippen LogP contribution in [-0.4, -0.2) is 65.3 Å². The summed E-state index contributed by atoms with van der Waals surface area (Å²) in [4.78, 5) is 37.9. The van der Waals surface area contributed by atoms with Gasteiger partial charge in [-0.2, -0.15) is 0 Å². The topological polar surface area (TPSA) is 149 Å². The molecule has 1 unspecified atom stereocenters. The molecule has 0 spiro atoms. The van der Waals surface area contributed by atoms with Gasteiger partial charge in [0.1, 0.15) is 29.3 Å². The summed E-state index contributed by atoms with van der Waals surface area (Å²) in [6.07, 6.45) is -1.88.